The molecule has 0 aromatic heterocycles. The molecule has 25 heavy (non-hydrogen) atoms. The molecule has 0 aliphatic carbocycles. The highest BCUT2D eigenvalue weighted by atomic mass is 32.2. The molecule has 2 aromatic carbocycles. The molecule has 0 aliphatic rings. The number of nitrogens with zero attached hydrogens (tertiary/aromatic N) is 2. The van der Waals surface area contributed by atoms with Gasteiger partial charge in [0, 0.05) is 18.7 Å². The number of carbonyl (C=O) groups is 1. The molecule has 0 atom stereocenters. The Bertz CT molecular complexity index is 900. The third-order valence-corrected chi connectivity index (χ3v) is 4.73. The Morgan fingerprint density at radius 3 is 2.48 bits per heavy atom. The van der Waals surface area contributed by atoms with E-state index in [0.717, 1.165) is 16.1 Å². The molecule has 0 aliphatic heterocycles. The van der Waals surface area contributed by atoms with E-state index in [1.54, 1.807) is 30.3 Å². The van der Waals surface area contributed by atoms with Crippen LogP contribution >= 0.6 is 0 Å². The van der Waals surface area contributed by atoms with E-state index in [4.69, 9.17) is 5.26 Å². The van der Waals surface area contributed by atoms with Crippen molar-refractivity contribution < 1.29 is 13.2 Å². The number of anilines is 2. The molecule has 0 radical (unpaired) electrons. The minimum atomic E-state index is -3.57. The molecule has 0 saturated heterocycles. The average Bonchev–Trinajstić information content (AvgIpc) is 2.56. The second kappa shape index (κ2) is 7.81. The summed E-state index contributed by atoms with van der Waals surface area (Å²) < 4.78 is 25.2. The maximum Gasteiger partial charge on any atom is 0.232 e. The summed E-state index contributed by atoms with van der Waals surface area (Å²) in [4.78, 5) is 12.1. The summed E-state index contributed by atoms with van der Waals surface area (Å²) in [5, 5.41) is 11.7. The van der Waals surface area contributed by atoms with Crippen LogP contribution in [0.15, 0.2) is 48.5 Å². The predicted octanol–water partition coefficient (Wildman–Crippen LogP) is 2.66. The lowest BCUT2D eigenvalue weighted by molar-refractivity contribution is -0.116. The maximum atomic E-state index is 12.1. The van der Waals surface area contributed by atoms with Crippen molar-refractivity contribution in [3.8, 4) is 6.07 Å². The number of hydrogen-bond acceptors (Lipinski definition) is 4. The number of carbonyl (C=O) groups excluding carboxylic acids is 1. The molecular formula is C18H19N3O3S. The van der Waals surface area contributed by atoms with E-state index in [1.165, 1.54) is 6.07 Å². The van der Waals surface area contributed by atoms with Gasteiger partial charge in [-0.25, -0.2) is 8.42 Å². The zero-order valence-electron chi connectivity index (χ0n) is 14.1. The van der Waals surface area contributed by atoms with Crippen molar-refractivity contribution >= 4 is 27.3 Å². The first-order valence-electron chi connectivity index (χ1n) is 7.64. The van der Waals surface area contributed by atoms with E-state index in [2.05, 4.69) is 5.32 Å². The molecule has 0 bridgehead atoms. The topological polar surface area (TPSA) is 90.3 Å². The standard InChI is InChI=1S/C18H19N3O3S/c1-14-6-8-16(9-7-14)20-18(22)10-11-21(25(2,23)24)17-5-3-4-15(12-17)13-19/h3-9,12H,10-11H2,1-2H3,(H,20,22). The molecular weight excluding hydrogens is 338 g/mol. The van der Waals surface area contributed by atoms with Crippen molar-refractivity contribution in [3.63, 3.8) is 0 Å². The van der Waals surface area contributed by atoms with Crippen LogP contribution in [0.5, 0.6) is 0 Å². The first-order chi connectivity index (χ1) is 11.8. The first-order valence-corrected chi connectivity index (χ1v) is 9.49. The molecule has 1 amide bonds. The molecule has 2 rings (SSSR count). The summed E-state index contributed by atoms with van der Waals surface area (Å²) >= 11 is 0. The van der Waals surface area contributed by atoms with Gasteiger partial charge in [0.15, 0.2) is 0 Å². The normalized spacial score (nSPS) is 10.8. The van der Waals surface area contributed by atoms with Crippen LogP contribution in [0.2, 0.25) is 0 Å². The fraction of sp³-hybridized carbons (Fsp3) is 0.222. The van der Waals surface area contributed by atoms with Crippen LogP contribution in [0.3, 0.4) is 0 Å². The fourth-order valence-electron chi connectivity index (χ4n) is 2.28. The lowest BCUT2D eigenvalue weighted by Gasteiger charge is -2.22. The molecule has 0 heterocycles. The average molecular weight is 357 g/mol. The minimum absolute atomic E-state index is 0.00225. The fourth-order valence-corrected chi connectivity index (χ4v) is 3.20. The van der Waals surface area contributed by atoms with Crippen molar-refractivity contribution in [2.45, 2.75) is 13.3 Å². The summed E-state index contributed by atoms with van der Waals surface area (Å²) in [6, 6.07) is 15.6. The Labute approximate surface area is 147 Å². The van der Waals surface area contributed by atoms with Crippen LogP contribution in [0.4, 0.5) is 11.4 Å². The smallest absolute Gasteiger partial charge is 0.232 e. The van der Waals surface area contributed by atoms with Crippen molar-refractivity contribution in [1.82, 2.24) is 0 Å². The second-order valence-electron chi connectivity index (χ2n) is 5.66. The number of amides is 1. The molecule has 7 heteroatoms. The van der Waals surface area contributed by atoms with Gasteiger partial charge in [0.1, 0.15) is 0 Å². The molecule has 6 nitrogen and oxygen atoms in total. The van der Waals surface area contributed by atoms with Crippen LogP contribution in [-0.2, 0) is 14.8 Å². The highest BCUT2D eigenvalue weighted by molar-refractivity contribution is 7.92. The molecule has 0 saturated carbocycles. The maximum absolute atomic E-state index is 12.1. The Morgan fingerprint density at radius 2 is 1.88 bits per heavy atom. The second-order valence-corrected chi connectivity index (χ2v) is 7.57. The van der Waals surface area contributed by atoms with E-state index in [0.29, 0.717) is 16.9 Å². The van der Waals surface area contributed by atoms with Gasteiger partial charge in [0.05, 0.1) is 23.6 Å². The molecule has 1 N–H and O–H groups in total. The van der Waals surface area contributed by atoms with Crippen molar-refractivity contribution in [2.24, 2.45) is 0 Å². The van der Waals surface area contributed by atoms with Gasteiger partial charge in [-0.3, -0.25) is 9.10 Å². The number of hydrogen-bond donors (Lipinski definition) is 1. The summed E-state index contributed by atoms with van der Waals surface area (Å²) in [6.07, 6.45) is 1.07. The van der Waals surface area contributed by atoms with Crippen molar-refractivity contribution in [2.75, 3.05) is 22.4 Å². The minimum Gasteiger partial charge on any atom is -0.326 e. The predicted molar refractivity (Wildman–Crippen MR) is 97.8 cm³/mol. The van der Waals surface area contributed by atoms with Crippen LogP contribution < -0.4 is 9.62 Å². The molecule has 0 fully saturated rings. The number of aryl methyl sites for hydroxylation is 1. The van der Waals surface area contributed by atoms with Gasteiger partial charge in [-0.15, -0.1) is 0 Å². The van der Waals surface area contributed by atoms with Crippen LogP contribution in [-0.4, -0.2) is 27.1 Å². The Balaban J connectivity index is 2.09. The third-order valence-electron chi connectivity index (χ3n) is 3.54. The Hall–Kier alpha value is -2.85. The van der Waals surface area contributed by atoms with E-state index < -0.39 is 10.0 Å². The van der Waals surface area contributed by atoms with E-state index >= 15 is 0 Å². The van der Waals surface area contributed by atoms with Crippen molar-refractivity contribution in [3.05, 3.63) is 59.7 Å². The van der Waals surface area contributed by atoms with E-state index in [-0.39, 0.29) is 18.9 Å². The number of benzene rings is 2. The third kappa shape index (κ3) is 5.33. The lowest BCUT2D eigenvalue weighted by atomic mass is 10.2. The zero-order chi connectivity index (χ0) is 18.4. The van der Waals surface area contributed by atoms with E-state index in [1.807, 2.05) is 25.1 Å². The van der Waals surface area contributed by atoms with Gasteiger partial charge < -0.3 is 5.32 Å². The molecule has 0 spiro atoms. The summed E-state index contributed by atoms with van der Waals surface area (Å²) in [7, 11) is -3.57. The van der Waals surface area contributed by atoms with Gasteiger partial charge in [-0.2, -0.15) is 5.26 Å². The molecule has 130 valence electrons. The SMILES string of the molecule is Cc1ccc(NC(=O)CCN(c2cccc(C#N)c2)S(C)(=O)=O)cc1. The van der Waals surface area contributed by atoms with Crippen LogP contribution in [0.1, 0.15) is 17.5 Å². The number of sulfonamides is 1. The number of nitrogens with one attached hydrogen (secondary N) is 1. The van der Waals surface area contributed by atoms with Gasteiger partial charge in [-0.1, -0.05) is 23.8 Å². The highest BCUT2D eigenvalue weighted by Crippen LogP contribution is 2.19. The van der Waals surface area contributed by atoms with Gasteiger partial charge in [0.25, 0.3) is 0 Å². The van der Waals surface area contributed by atoms with Gasteiger partial charge in [-0.05, 0) is 37.3 Å². The summed E-state index contributed by atoms with van der Waals surface area (Å²) in [6.45, 7) is 1.94. The first kappa shape index (κ1) is 18.5. The zero-order valence-corrected chi connectivity index (χ0v) is 14.9. The van der Waals surface area contributed by atoms with Crippen molar-refractivity contribution in [1.29, 1.82) is 5.26 Å². The Kier molecular flexibility index (Phi) is 5.78. The monoisotopic (exact) mass is 357 g/mol. The highest BCUT2D eigenvalue weighted by Gasteiger charge is 2.19. The molecule has 2 aromatic rings. The summed E-state index contributed by atoms with van der Waals surface area (Å²) in [5.74, 6) is -0.283. The Morgan fingerprint density at radius 1 is 1.20 bits per heavy atom. The van der Waals surface area contributed by atoms with Gasteiger partial charge in [0.2, 0.25) is 15.9 Å². The summed E-state index contributed by atoms with van der Waals surface area (Å²) in [5.41, 5.74) is 2.46. The van der Waals surface area contributed by atoms with E-state index in [9.17, 15) is 13.2 Å². The quantitative estimate of drug-likeness (QED) is 0.860. The molecule has 0 unspecified atom stereocenters. The van der Waals surface area contributed by atoms with Crippen LogP contribution in [0.25, 0.3) is 0 Å². The number of rotatable bonds is 6. The lowest BCUT2D eigenvalue weighted by Crippen LogP contribution is -2.33. The van der Waals surface area contributed by atoms with Crippen LogP contribution in [0, 0.1) is 18.3 Å². The largest absolute Gasteiger partial charge is 0.326 e. The van der Waals surface area contributed by atoms with Gasteiger partial charge >= 0.3 is 0 Å². The number of nitriles is 1.